The van der Waals surface area contributed by atoms with E-state index in [1.165, 1.54) is 16.7 Å². The summed E-state index contributed by atoms with van der Waals surface area (Å²) in [6, 6.07) is 0.0873. The molecule has 1 aliphatic carbocycles. The van der Waals surface area contributed by atoms with Crippen molar-refractivity contribution in [2.24, 2.45) is 5.73 Å². The van der Waals surface area contributed by atoms with Gasteiger partial charge in [0.2, 0.25) is 10.0 Å². The number of rotatable bonds is 6. The van der Waals surface area contributed by atoms with Gasteiger partial charge in [-0.05, 0) is 12.8 Å². The van der Waals surface area contributed by atoms with Crippen LogP contribution < -0.4 is 5.73 Å². The molecule has 0 unspecified atom stereocenters. The van der Waals surface area contributed by atoms with Gasteiger partial charge in [-0.25, -0.2) is 8.42 Å². The molecule has 0 amide bonds. The van der Waals surface area contributed by atoms with Crippen molar-refractivity contribution in [3.8, 4) is 0 Å². The molecule has 0 aliphatic heterocycles. The number of thiocarbonyl (C=S) groups is 1. The Labute approximate surface area is 105 Å². The third-order valence-corrected chi connectivity index (χ3v) is 4.73. The summed E-state index contributed by atoms with van der Waals surface area (Å²) in [7, 11) is -3.47. The predicted molar refractivity (Wildman–Crippen MR) is 66.9 cm³/mol. The van der Waals surface area contributed by atoms with Crippen LogP contribution in [0.15, 0.2) is 17.3 Å². The average Bonchev–Trinajstić information content (AvgIpc) is 2.92. The maximum atomic E-state index is 12.3. The van der Waals surface area contributed by atoms with Crippen molar-refractivity contribution in [2.75, 3.05) is 6.54 Å². The molecule has 0 bridgehead atoms. The van der Waals surface area contributed by atoms with E-state index < -0.39 is 10.0 Å². The van der Waals surface area contributed by atoms with Gasteiger partial charge in [0.25, 0.3) is 0 Å². The third-order valence-electron chi connectivity index (χ3n) is 2.61. The standard InChI is InChI=1S/C9H14N4O2S2/c10-9(16)3-4-13(7-1-2-7)17(14,15)8-5-11-12-6-8/h5-7H,1-4H2,(H2,10,16)(H,11,12). The van der Waals surface area contributed by atoms with Crippen molar-refractivity contribution in [1.29, 1.82) is 0 Å². The fraction of sp³-hybridized carbons (Fsp3) is 0.556. The Hall–Kier alpha value is -0.990. The topological polar surface area (TPSA) is 92.1 Å². The molecule has 8 heteroatoms. The molecular formula is C9H14N4O2S2. The van der Waals surface area contributed by atoms with E-state index >= 15 is 0 Å². The Kier molecular flexibility index (Phi) is 3.45. The summed E-state index contributed by atoms with van der Waals surface area (Å²) in [5, 5.41) is 6.17. The molecule has 0 radical (unpaired) electrons. The Morgan fingerprint density at radius 2 is 2.35 bits per heavy atom. The van der Waals surface area contributed by atoms with Crippen LogP contribution >= 0.6 is 12.2 Å². The third kappa shape index (κ3) is 2.82. The van der Waals surface area contributed by atoms with E-state index in [4.69, 9.17) is 18.0 Å². The number of aromatic amines is 1. The molecule has 0 saturated heterocycles. The van der Waals surface area contributed by atoms with E-state index in [1.807, 2.05) is 0 Å². The Bertz CT molecular complexity index is 493. The van der Waals surface area contributed by atoms with Crippen LogP contribution in [-0.4, -0.2) is 40.5 Å². The van der Waals surface area contributed by atoms with E-state index in [0.29, 0.717) is 18.0 Å². The minimum Gasteiger partial charge on any atom is -0.393 e. The summed E-state index contributed by atoms with van der Waals surface area (Å²) in [4.78, 5) is 0.519. The number of hydrogen-bond acceptors (Lipinski definition) is 4. The highest BCUT2D eigenvalue weighted by molar-refractivity contribution is 7.89. The van der Waals surface area contributed by atoms with Gasteiger partial charge >= 0.3 is 0 Å². The molecule has 2 rings (SSSR count). The van der Waals surface area contributed by atoms with E-state index in [9.17, 15) is 8.42 Å². The molecule has 3 N–H and O–H groups in total. The zero-order chi connectivity index (χ0) is 12.5. The van der Waals surface area contributed by atoms with Crippen LogP contribution in [0.2, 0.25) is 0 Å². The van der Waals surface area contributed by atoms with Crippen LogP contribution in [0.1, 0.15) is 19.3 Å². The molecule has 0 aromatic carbocycles. The summed E-state index contributed by atoms with van der Waals surface area (Å²) in [6.07, 6.45) is 4.89. The van der Waals surface area contributed by atoms with Gasteiger partial charge in [-0.1, -0.05) is 12.2 Å². The van der Waals surface area contributed by atoms with Gasteiger partial charge in [-0.3, -0.25) is 5.10 Å². The highest BCUT2D eigenvalue weighted by atomic mass is 32.2. The summed E-state index contributed by atoms with van der Waals surface area (Å²) < 4.78 is 26.0. The average molecular weight is 274 g/mol. The lowest BCUT2D eigenvalue weighted by Gasteiger charge is -2.20. The second-order valence-electron chi connectivity index (χ2n) is 4.00. The normalized spacial score (nSPS) is 16.3. The molecule has 1 aromatic heterocycles. The van der Waals surface area contributed by atoms with Gasteiger partial charge in [-0.15, -0.1) is 0 Å². The highest BCUT2D eigenvalue weighted by Gasteiger charge is 2.38. The van der Waals surface area contributed by atoms with Gasteiger partial charge in [0.1, 0.15) is 4.90 Å². The van der Waals surface area contributed by atoms with Crippen molar-refractivity contribution in [2.45, 2.75) is 30.2 Å². The molecule has 17 heavy (non-hydrogen) atoms. The minimum absolute atomic E-state index is 0.0873. The molecule has 0 atom stereocenters. The molecule has 0 spiro atoms. The summed E-state index contributed by atoms with van der Waals surface area (Å²) >= 11 is 4.78. The Morgan fingerprint density at radius 3 is 2.82 bits per heavy atom. The van der Waals surface area contributed by atoms with Crippen molar-refractivity contribution in [3.63, 3.8) is 0 Å². The molecular weight excluding hydrogens is 260 g/mol. The lowest BCUT2D eigenvalue weighted by molar-refractivity contribution is 0.413. The first-order chi connectivity index (χ1) is 8.01. The maximum absolute atomic E-state index is 12.3. The lowest BCUT2D eigenvalue weighted by atomic mass is 10.4. The summed E-state index contributed by atoms with van der Waals surface area (Å²) in [6.45, 7) is 0.341. The van der Waals surface area contributed by atoms with E-state index in [1.54, 1.807) is 0 Å². The minimum atomic E-state index is -3.47. The fourth-order valence-corrected chi connectivity index (χ4v) is 3.28. The van der Waals surface area contributed by atoms with Gasteiger partial charge in [0, 0.05) is 25.2 Å². The number of sulfonamides is 1. The molecule has 1 fully saturated rings. The number of nitrogens with zero attached hydrogens (tertiary/aromatic N) is 2. The van der Waals surface area contributed by atoms with Crippen LogP contribution in [-0.2, 0) is 10.0 Å². The number of aromatic nitrogens is 2. The molecule has 1 heterocycles. The smallest absolute Gasteiger partial charge is 0.246 e. The van der Waals surface area contributed by atoms with Crippen LogP contribution in [0.25, 0.3) is 0 Å². The van der Waals surface area contributed by atoms with Crippen molar-refractivity contribution in [1.82, 2.24) is 14.5 Å². The van der Waals surface area contributed by atoms with Gasteiger partial charge in [0.05, 0.1) is 11.2 Å². The molecule has 6 nitrogen and oxygen atoms in total. The van der Waals surface area contributed by atoms with Gasteiger partial charge in [-0.2, -0.15) is 9.40 Å². The monoisotopic (exact) mass is 274 g/mol. The zero-order valence-electron chi connectivity index (χ0n) is 9.17. The van der Waals surface area contributed by atoms with E-state index in [2.05, 4.69) is 10.2 Å². The summed E-state index contributed by atoms with van der Waals surface area (Å²) in [5.41, 5.74) is 5.41. The van der Waals surface area contributed by atoms with Crippen LogP contribution in [0.3, 0.4) is 0 Å². The Morgan fingerprint density at radius 1 is 1.65 bits per heavy atom. The van der Waals surface area contributed by atoms with Gasteiger partial charge in [0.15, 0.2) is 0 Å². The first-order valence-corrected chi connectivity index (χ1v) is 7.15. The number of nitrogens with one attached hydrogen (secondary N) is 1. The van der Waals surface area contributed by atoms with Gasteiger partial charge < -0.3 is 5.73 Å². The SMILES string of the molecule is NC(=S)CCN(C1CC1)S(=O)(=O)c1cn[nH]c1. The molecule has 94 valence electrons. The van der Waals surface area contributed by atoms with Crippen molar-refractivity contribution in [3.05, 3.63) is 12.4 Å². The highest BCUT2D eigenvalue weighted by Crippen LogP contribution is 2.31. The quantitative estimate of drug-likeness (QED) is 0.725. The largest absolute Gasteiger partial charge is 0.393 e. The number of nitrogens with two attached hydrogens (primary N) is 1. The predicted octanol–water partition coefficient (Wildman–Crippen LogP) is 0.239. The van der Waals surface area contributed by atoms with Crippen LogP contribution in [0.5, 0.6) is 0 Å². The zero-order valence-corrected chi connectivity index (χ0v) is 10.8. The van der Waals surface area contributed by atoms with E-state index in [0.717, 1.165) is 12.8 Å². The maximum Gasteiger partial charge on any atom is 0.246 e. The molecule has 1 aromatic rings. The first kappa shape index (κ1) is 12.5. The number of hydrogen-bond donors (Lipinski definition) is 2. The fourth-order valence-electron chi connectivity index (χ4n) is 1.60. The van der Waals surface area contributed by atoms with Crippen LogP contribution in [0.4, 0.5) is 0 Å². The Balaban J connectivity index is 2.18. The van der Waals surface area contributed by atoms with Crippen molar-refractivity contribution >= 4 is 27.2 Å². The second kappa shape index (κ2) is 4.71. The summed E-state index contributed by atoms with van der Waals surface area (Å²) in [5.74, 6) is 0. The van der Waals surface area contributed by atoms with Crippen molar-refractivity contribution < 1.29 is 8.42 Å². The molecule has 1 aliphatic rings. The lowest BCUT2D eigenvalue weighted by Crippen LogP contribution is -2.35. The van der Waals surface area contributed by atoms with E-state index in [-0.39, 0.29) is 10.9 Å². The number of H-pyrrole nitrogens is 1. The van der Waals surface area contributed by atoms with Crippen LogP contribution in [0, 0.1) is 0 Å². The first-order valence-electron chi connectivity index (χ1n) is 5.31. The molecule has 1 saturated carbocycles. The second-order valence-corrected chi connectivity index (χ2v) is 6.41.